The highest BCUT2D eigenvalue weighted by Crippen LogP contribution is 2.34. The number of non-ortho nitro benzene ring substituents is 1. The van der Waals surface area contributed by atoms with Crippen LogP contribution < -0.4 is 4.90 Å². The van der Waals surface area contributed by atoms with Gasteiger partial charge in [-0.05, 0) is 12.5 Å². The van der Waals surface area contributed by atoms with E-state index in [0.29, 0.717) is 25.4 Å². The molecule has 0 N–H and O–H groups in total. The molecule has 2 rings (SSSR count). The van der Waals surface area contributed by atoms with Gasteiger partial charge in [0.1, 0.15) is 5.69 Å². The summed E-state index contributed by atoms with van der Waals surface area (Å²) in [4.78, 5) is 22.4. The van der Waals surface area contributed by atoms with Crippen LogP contribution in [0.2, 0.25) is 0 Å². The molecular weight excluding hydrogens is 278 g/mol. The van der Waals surface area contributed by atoms with E-state index in [0.717, 1.165) is 12.5 Å². The Morgan fingerprint density at radius 3 is 2.76 bits per heavy atom. The van der Waals surface area contributed by atoms with Gasteiger partial charge >= 0.3 is 0 Å². The highest BCUT2D eigenvalue weighted by molar-refractivity contribution is 5.67. The van der Waals surface area contributed by atoms with Crippen molar-refractivity contribution in [3.05, 3.63) is 51.1 Å². The average molecular weight is 293 g/mol. The molecule has 112 valence electrons. The summed E-state index contributed by atoms with van der Waals surface area (Å²) in [5.74, 6) is 0. The normalized spacial score (nSPS) is 17.7. The highest BCUT2D eigenvalue weighted by Gasteiger charge is 2.29. The number of nitro benzene ring substituents is 2. The average Bonchev–Trinajstić information content (AvgIpc) is 2.92. The molecule has 1 aliphatic heterocycles. The van der Waals surface area contributed by atoms with E-state index in [-0.39, 0.29) is 17.5 Å². The van der Waals surface area contributed by atoms with Crippen molar-refractivity contribution < 1.29 is 14.6 Å². The fourth-order valence-electron chi connectivity index (χ4n) is 2.33. The number of hydrogen-bond acceptors (Lipinski definition) is 6. The van der Waals surface area contributed by atoms with Gasteiger partial charge in [-0.25, -0.2) is 0 Å². The predicted octanol–water partition coefficient (Wildman–Crippen LogP) is 2.28. The summed E-state index contributed by atoms with van der Waals surface area (Å²) in [6.45, 7) is 5.13. The van der Waals surface area contributed by atoms with Crippen LogP contribution >= 0.6 is 0 Å². The maximum absolute atomic E-state index is 11.1. The first-order chi connectivity index (χ1) is 10.0. The summed E-state index contributed by atoms with van der Waals surface area (Å²) in [7, 11) is 0. The van der Waals surface area contributed by atoms with Crippen molar-refractivity contribution >= 4 is 17.1 Å². The number of benzene rings is 1. The van der Waals surface area contributed by atoms with E-state index in [9.17, 15) is 20.2 Å². The third-order valence-corrected chi connectivity index (χ3v) is 3.30. The van der Waals surface area contributed by atoms with E-state index in [2.05, 4.69) is 6.58 Å². The van der Waals surface area contributed by atoms with Crippen molar-refractivity contribution in [2.24, 2.45) is 0 Å². The van der Waals surface area contributed by atoms with E-state index in [1.165, 1.54) is 12.1 Å². The Balaban J connectivity index is 2.22. The highest BCUT2D eigenvalue weighted by atomic mass is 16.6. The molecule has 0 aromatic heterocycles. The fraction of sp³-hybridized carbons (Fsp3) is 0.385. The van der Waals surface area contributed by atoms with E-state index in [1.54, 1.807) is 6.08 Å². The summed E-state index contributed by atoms with van der Waals surface area (Å²) < 4.78 is 5.53. The molecule has 1 aromatic carbocycles. The quantitative estimate of drug-likeness (QED) is 0.453. The zero-order valence-electron chi connectivity index (χ0n) is 11.3. The lowest BCUT2D eigenvalue weighted by atomic mass is 10.2. The Kier molecular flexibility index (Phi) is 4.49. The molecule has 1 aromatic rings. The van der Waals surface area contributed by atoms with Gasteiger partial charge in [0.05, 0.1) is 28.6 Å². The van der Waals surface area contributed by atoms with Crippen molar-refractivity contribution in [2.45, 2.75) is 12.5 Å². The smallest absolute Gasteiger partial charge is 0.299 e. The van der Waals surface area contributed by atoms with Gasteiger partial charge in [-0.2, -0.15) is 0 Å². The van der Waals surface area contributed by atoms with Gasteiger partial charge in [-0.1, -0.05) is 6.08 Å². The van der Waals surface area contributed by atoms with Crippen molar-refractivity contribution in [3.8, 4) is 0 Å². The van der Waals surface area contributed by atoms with Gasteiger partial charge < -0.3 is 9.64 Å². The molecule has 21 heavy (non-hydrogen) atoms. The lowest BCUT2D eigenvalue weighted by Gasteiger charge is -2.18. The van der Waals surface area contributed by atoms with Crippen LogP contribution in [-0.2, 0) is 4.74 Å². The molecule has 1 atom stereocenters. The van der Waals surface area contributed by atoms with Gasteiger partial charge in [-0.15, -0.1) is 6.58 Å². The maximum Gasteiger partial charge on any atom is 0.299 e. The van der Waals surface area contributed by atoms with E-state index in [1.807, 2.05) is 4.90 Å². The van der Waals surface area contributed by atoms with Crippen LogP contribution in [0.25, 0.3) is 0 Å². The van der Waals surface area contributed by atoms with Crippen molar-refractivity contribution in [1.82, 2.24) is 0 Å². The van der Waals surface area contributed by atoms with Crippen LogP contribution in [0, 0.1) is 20.2 Å². The molecule has 1 fully saturated rings. The van der Waals surface area contributed by atoms with Crippen molar-refractivity contribution in [3.63, 3.8) is 0 Å². The molecule has 0 bridgehead atoms. The third kappa shape index (κ3) is 3.34. The Morgan fingerprint density at radius 1 is 1.38 bits per heavy atom. The predicted molar refractivity (Wildman–Crippen MR) is 76.5 cm³/mol. The van der Waals surface area contributed by atoms with Gasteiger partial charge in [0.15, 0.2) is 0 Å². The number of hydrogen-bond donors (Lipinski definition) is 0. The molecule has 0 spiro atoms. The third-order valence-electron chi connectivity index (χ3n) is 3.30. The van der Waals surface area contributed by atoms with Crippen LogP contribution in [0.15, 0.2) is 30.9 Å². The number of anilines is 1. The molecule has 1 saturated heterocycles. The molecule has 0 radical (unpaired) electrons. The molecule has 0 saturated carbocycles. The van der Waals surface area contributed by atoms with Crippen molar-refractivity contribution in [1.29, 1.82) is 0 Å². The zero-order valence-corrected chi connectivity index (χ0v) is 11.3. The lowest BCUT2D eigenvalue weighted by Crippen LogP contribution is -2.23. The van der Waals surface area contributed by atoms with E-state index in [4.69, 9.17) is 4.74 Å². The molecule has 1 heterocycles. The van der Waals surface area contributed by atoms with Gasteiger partial charge in [0.2, 0.25) is 0 Å². The van der Waals surface area contributed by atoms with Crippen LogP contribution in [-0.4, -0.2) is 35.6 Å². The largest absolute Gasteiger partial charge is 0.372 e. The lowest BCUT2D eigenvalue weighted by molar-refractivity contribution is -0.393. The number of ether oxygens (including phenoxy) is 1. The van der Waals surface area contributed by atoms with E-state index >= 15 is 0 Å². The van der Waals surface area contributed by atoms with Crippen LogP contribution in [0.4, 0.5) is 17.1 Å². The van der Waals surface area contributed by atoms with Gasteiger partial charge in [0.25, 0.3) is 11.4 Å². The molecule has 1 unspecified atom stereocenters. The number of nitro groups is 2. The Hall–Kier alpha value is -2.48. The summed E-state index contributed by atoms with van der Waals surface area (Å²) >= 11 is 0. The monoisotopic (exact) mass is 293 g/mol. The van der Waals surface area contributed by atoms with Crippen molar-refractivity contribution in [2.75, 3.05) is 24.6 Å². The standard InChI is InChI=1S/C13H15N3O5/c1-2-7-21-11-5-6-14(9-11)12-4-3-10(15(17)18)8-13(12)16(19)20/h2-4,8,11H,1,5-7,9H2. The zero-order chi connectivity index (χ0) is 15.4. The Bertz CT molecular complexity index is 575. The minimum atomic E-state index is -0.642. The molecule has 8 heteroatoms. The topological polar surface area (TPSA) is 98.8 Å². The first-order valence-corrected chi connectivity index (χ1v) is 6.43. The van der Waals surface area contributed by atoms with Crippen LogP contribution in [0.1, 0.15) is 6.42 Å². The first kappa shape index (κ1) is 14.9. The molecule has 0 amide bonds. The van der Waals surface area contributed by atoms with E-state index < -0.39 is 9.85 Å². The minimum absolute atomic E-state index is 0.0159. The maximum atomic E-state index is 11.1. The molecule has 0 aliphatic carbocycles. The van der Waals surface area contributed by atoms with Crippen LogP contribution in [0.5, 0.6) is 0 Å². The molecule has 8 nitrogen and oxygen atoms in total. The molecular formula is C13H15N3O5. The van der Waals surface area contributed by atoms with Gasteiger partial charge in [0, 0.05) is 19.2 Å². The second kappa shape index (κ2) is 6.31. The summed E-state index contributed by atoms with van der Waals surface area (Å²) in [5.41, 5.74) is -0.159. The SMILES string of the molecule is C=CCOC1CCN(c2ccc([N+](=O)[O-])cc2[N+](=O)[O-])C1. The summed E-state index contributed by atoms with van der Waals surface area (Å²) in [5, 5.41) is 21.8. The van der Waals surface area contributed by atoms with Gasteiger partial charge in [-0.3, -0.25) is 20.2 Å². The van der Waals surface area contributed by atoms with Crippen LogP contribution in [0.3, 0.4) is 0 Å². The Morgan fingerprint density at radius 2 is 2.14 bits per heavy atom. The summed E-state index contributed by atoms with van der Waals surface area (Å²) in [6.07, 6.45) is 2.39. The second-order valence-electron chi connectivity index (χ2n) is 4.67. The number of nitrogens with zero attached hydrogens (tertiary/aromatic N) is 3. The summed E-state index contributed by atoms with van der Waals surface area (Å²) in [6, 6.07) is 3.69. The fourth-order valence-corrected chi connectivity index (χ4v) is 2.33. The Labute approximate surface area is 120 Å². The second-order valence-corrected chi connectivity index (χ2v) is 4.67. The number of rotatable bonds is 6. The minimum Gasteiger partial charge on any atom is -0.372 e. The molecule has 1 aliphatic rings. The first-order valence-electron chi connectivity index (χ1n) is 6.43.